The van der Waals surface area contributed by atoms with Crippen LogP contribution in [0.1, 0.15) is 11.4 Å². The molecule has 1 aromatic carbocycles. The molecule has 15 heavy (non-hydrogen) atoms. The molecule has 0 saturated carbocycles. The summed E-state index contributed by atoms with van der Waals surface area (Å²) in [5, 5.41) is 16.6. The molecule has 0 saturated heterocycles. The molecule has 0 aliphatic carbocycles. The predicted octanol–water partition coefficient (Wildman–Crippen LogP) is 1.58. The molecule has 2 aromatic rings. The maximum Gasteiger partial charge on any atom is 0.158 e. The van der Waals surface area contributed by atoms with Crippen molar-refractivity contribution in [3.05, 3.63) is 46.5 Å². The topological polar surface area (TPSA) is 50.9 Å². The van der Waals surface area contributed by atoms with Crippen LogP contribution < -0.4 is 0 Å². The number of rotatable bonds is 3. The SMILES string of the molecule is OCc1nncn1Cc1ccccc1Br. The van der Waals surface area contributed by atoms with Crippen molar-refractivity contribution in [1.82, 2.24) is 14.8 Å². The fourth-order valence-corrected chi connectivity index (χ4v) is 1.75. The second kappa shape index (κ2) is 4.55. The number of aliphatic hydroxyl groups is 1. The van der Waals surface area contributed by atoms with E-state index in [1.54, 1.807) is 6.33 Å². The number of hydrogen-bond acceptors (Lipinski definition) is 3. The van der Waals surface area contributed by atoms with Gasteiger partial charge in [-0.3, -0.25) is 0 Å². The van der Waals surface area contributed by atoms with Gasteiger partial charge in [-0.2, -0.15) is 0 Å². The second-order valence-electron chi connectivity index (χ2n) is 3.12. The van der Waals surface area contributed by atoms with Gasteiger partial charge in [0.25, 0.3) is 0 Å². The first-order chi connectivity index (χ1) is 7.31. The van der Waals surface area contributed by atoms with E-state index in [9.17, 15) is 0 Å². The van der Waals surface area contributed by atoms with Gasteiger partial charge in [0.05, 0.1) is 6.54 Å². The van der Waals surface area contributed by atoms with Gasteiger partial charge in [0.15, 0.2) is 5.82 Å². The van der Waals surface area contributed by atoms with Crippen LogP contribution in [-0.2, 0) is 13.2 Å². The lowest BCUT2D eigenvalue weighted by Crippen LogP contribution is -2.04. The third-order valence-corrected chi connectivity index (χ3v) is 2.91. The van der Waals surface area contributed by atoms with Gasteiger partial charge in [-0.25, -0.2) is 0 Å². The zero-order chi connectivity index (χ0) is 10.7. The van der Waals surface area contributed by atoms with Gasteiger partial charge in [0.1, 0.15) is 12.9 Å². The Balaban J connectivity index is 2.26. The zero-order valence-corrected chi connectivity index (χ0v) is 9.55. The van der Waals surface area contributed by atoms with Crippen LogP contribution in [0.15, 0.2) is 35.1 Å². The van der Waals surface area contributed by atoms with Crippen molar-refractivity contribution in [3.8, 4) is 0 Å². The summed E-state index contributed by atoms with van der Waals surface area (Å²) in [6.07, 6.45) is 1.62. The summed E-state index contributed by atoms with van der Waals surface area (Å²) in [6, 6.07) is 7.94. The monoisotopic (exact) mass is 267 g/mol. The van der Waals surface area contributed by atoms with Crippen molar-refractivity contribution in [2.24, 2.45) is 0 Å². The van der Waals surface area contributed by atoms with Crippen LogP contribution in [0.2, 0.25) is 0 Å². The highest BCUT2D eigenvalue weighted by atomic mass is 79.9. The summed E-state index contributed by atoms with van der Waals surface area (Å²) in [6.45, 7) is 0.564. The highest BCUT2D eigenvalue weighted by molar-refractivity contribution is 9.10. The first kappa shape index (κ1) is 10.3. The number of halogens is 1. The summed E-state index contributed by atoms with van der Waals surface area (Å²) < 4.78 is 2.86. The number of nitrogens with zero attached hydrogens (tertiary/aromatic N) is 3. The van der Waals surface area contributed by atoms with E-state index in [2.05, 4.69) is 26.1 Å². The molecular formula is C10H10BrN3O. The van der Waals surface area contributed by atoms with Gasteiger partial charge in [0.2, 0.25) is 0 Å². The van der Waals surface area contributed by atoms with Crippen LogP contribution in [0.25, 0.3) is 0 Å². The molecule has 2 rings (SSSR count). The third-order valence-electron chi connectivity index (χ3n) is 2.14. The average Bonchev–Trinajstić information content (AvgIpc) is 2.69. The Labute approximate surface area is 95.7 Å². The van der Waals surface area contributed by atoms with Crippen molar-refractivity contribution in [1.29, 1.82) is 0 Å². The van der Waals surface area contributed by atoms with E-state index in [1.807, 2.05) is 28.8 Å². The Hall–Kier alpha value is -1.20. The molecule has 0 bridgehead atoms. The van der Waals surface area contributed by atoms with E-state index in [-0.39, 0.29) is 6.61 Å². The van der Waals surface area contributed by atoms with Crippen LogP contribution >= 0.6 is 15.9 Å². The zero-order valence-electron chi connectivity index (χ0n) is 7.97. The fraction of sp³-hybridized carbons (Fsp3) is 0.200. The first-order valence-electron chi connectivity index (χ1n) is 4.52. The van der Waals surface area contributed by atoms with Crippen LogP contribution in [0.5, 0.6) is 0 Å². The number of hydrogen-bond donors (Lipinski definition) is 1. The Morgan fingerprint density at radius 3 is 2.87 bits per heavy atom. The molecule has 0 radical (unpaired) electrons. The Morgan fingerprint density at radius 2 is 2.13 bits per heavy atom. The minimum Gasteiger partial charge on any atom is -0.388 e. The van der Waals surface area contributed by atoms with E-state index in [1.165, 1.54) is 0 Å². The van der Waals surface area contributed by atoms with Gasteiger partial charge in [-0.1, -0.05) is 34.1 Å². The summed E-state index contributed by atoms with van der Waals surface area (Å²) in [5.74, 6) is 0.575. The molecule has 78 valence electrons. The summed E-state index contributed by atoms with van der Waals surface area (Å²) in [5.41, 5.74) is 1.13. The minimum absolute atomic E-state index is 0.0928. The molecular weight excluding hydrogens is 258 g/mol. The van der Waals surface area contributed by atoms with Gasteiger partial charge in [-0.05, 0) is 11.6 Å². The smallest absolute Gasteiger partial charge is 0.158 e. The van der Waals surface area contributed by atoms with Gasteiger partial charge >= 0.3 is 0 Å². The molecule has 5 heteroatoms. The average molecular weight is 268 g/mol. The van der Waals surface area contributed by atoms with E-state index in [4.69, 9.17) is 5.11 Å². The lowest BCUT2D eigenvalue weighted by Gasteiger charge is -2.06. The summed E-state index contributed by atoms with van der Waals surface area (Å²) >= 11 is 3.47. The minimum atomic E-state index is -0.0928. The molecule has 0 unspecified atom stereocenters. The highest BCUT2D eigenvalue weighted by Crippen LogP contribution is 2.17. The predicted molar refractivity (Wildman–Crippen MR) is 59.2 cm³/mol. The van der Waals surface area contributed by atoms with Crippen molar-refractivity contribution in [2.75, 3.05) is 0 Å². The van der Waals surface area contributed by atoms with Crippen molar-refractivity contribution >= 4 is 15.9 Å². The molecule has 0 aliphatic rings. The summed E-state index contributed by atoms with van der Waals surface area (Å²) in [4.78, 5) is 0. The lowest BCUT2D eigenvalue weighted by molar-refractivity contribution is 0.265. The van der Waals surface area contributed by atoms with Crippen LogP contribution in [0.3, 0.4) is 0 Å². The number of aliphatic hydroxyl groups excluding tert-OH is 1. The largest absolute Gasteiger partial charge is 0.388 e. The Morgan fingerprint density at radius 1 is 1.33 bits per heavy atom. The van der Waals surface area contributed by atoms with E-state index >= 15 is 0 Å². The molecule has 1 heterocycles. The number of benzene rings is 1. The van der Waals surface area contributed by atoms with E-state index in [0.717, 1.165) is 10.0 Å². The van der Waals surface area contributed by atoms with Gasteiger partial charge < -0.3 is 9.67 Å². The second-order valence-corrected chi connectivity index (χ2v) is 3.98. The molecule has 0 aliphatic heterocycles. The third kappa shape index (κ3) is 2.24. The first-order valence-corrected chi connectivity index (χ1v) is 5.31. The molecule has 0 spiro atoms. The molecule has 1 aromatic heterocycles. The lowest BCUT2D eigenvalue weighted by atomic mass is 10.2. The maximum atomic E-state index is 9.02. The number of aromatic nitrogens is 3. The van der Waals surface area contributed by atoms with Crippen molar-refractivity contribution in [3.63, 3.8) is 0 Å². The van der Waals surface area contributed by atoms with Crippen LogP contribution in [0.4, 0.5) is 0 Å². The van der Waals surface area contributed by atoms with Crippen molar-refractivity contribution < 1.29 is 5.11 Å². The Bertz CT molecular complexity index is 455. The Kier molecular flexibility index (Phi) is 3.13. The van der Waals surface area contributed by atoms with Gasteiger partial charge in [-0.15, -0.1) is 10.2 Å². The van der Waals surface area contributed by atoms with Gasteiger partial charge in [0, 0.05) is 4.47 Å². The maximum absolute atomic E-state index is 9.02. The fourth-order valence-electron chi connectivity index (χ4n) is 1.34. The van der Waals surface area contributed by atoms with E-state index < -0.39 is 0 Å². The van der Waals surface area contributed by atoms with E-state index in [0.29, 0.717) is 12.4 Å². The molecule has 4 nitrogen and oxygen atoms in total. The molecule has 0 fully saturated rings. The quantitative estimate of drug-likeness (QED) is 0.919. The summed E-state index contributed by atoms with van der Waals surface area (Å²) in [7, 11) is 0. The highest BCUT2D eigenvalue weighted by Gasteiger charge is 2.04. The van der Waals surface area contributed by atoms with Crippen molar-refractivity contribution in [2.45, 2.75) is 13.2 Å². The molecule has 0 atom stereocenters. The normalized spacial score (nSPS) is 10.5. The molecule has 1 N–H and O–H groups in total. The van der Waals surface area contributed by atoms with Crippen LogP contribution in [-0.4, -0.2) is 19.9 Å². The van der Waals surface area contributed by atoms with Crippen LogP contribution in [0, 0.1) is 0 Å². The standard InChI is InChI=1S/C10H10BrN3O/c11-9-4-2-1-3-8(9)5-14-7-12-13-10(14)6-15/h1-4,7,15H,5-6H2. The molecule has 0 amide bonds.